The smallest absolute Gasteiger partial charge is 0.343 e. The second-order valence-corrected chi connectivity index (χ2v) is 7.80. The summed E-state index contributed by atoms with van der Waals surface area (Å²) in [5, 5.41) is 11.9. The van der Waals surface area contributed by atoms with Gasteiger partial charge in [-0.3, -0.25) is 9.79 Å². The van der Waals surface area contributed by atoms with Crippen LogP contribution in [0.1, 0.15) is 35.6 Å². The molecule has 0 saturated carbocycles. The summed E-state index contributed by atoms with van der Waals surface area (Å²) < 4.78 is 6.75. The van der Waals surface area contributed by atoms with Crippen LogP contribution in [0.3, 0.4) is 0 Å². The first kappa shape index (κ1) is 19.4. The summed E-state index contributed by atoms with van der Waals surface area (Å²) in [4.78, 5) is 34.7. The molecule has 0 radical (unpaired) electrons. The zero-order valence-electron chi connectivity index (χ0n) is 17.1. The molecule has 4 heterocycles. The number of pyridine rings is 2. The van der Waals surface area contributed by atoms with Crippen LogP contribution >= 0.6 is 0 Å². The maximum atomic E-state index is 13.2. The van der Waals surface area contributed by atoms with Crippen LogP contribution in [-0.4, -0.2) is 33.4 Å². The summed E-state index contributed by atoms with van der Waals surface area (Å²) in [6.45, 7) is 6.13. The predicted molar refractivity (Wildman–Crippen MR) is 117 cm³/mol. The van der Waals surface area contributed by atoms with Gasteiger partial charge < -0.3 is 14.4 Å². The topological polar surface area (TPSA) is 93.8 Å². The van der Waals surface area contributed by atoms with Crippen molar-refractivity contribution < 1.29 is 14.6 Å². The third-order valence-corrected chi connectivity index (χ3v) is 6.03. The average Bonchev–Trinajstić information content (AvgIpc) is 3.13. The highest BCUT2D eigenvalue weighted by atomic mass is 16.6. The first-order valence-electron chi connectivity index (χ1n) is 10.2. The number of esters is 1. The molecule has 0 spiro atoms. The molecule has 0 bridgehead atoms. The Morgan fingerprint density at radius 2 is 2.19 bits per heavy atom. The summed E-state index contributed by atoms with van der Waals surface area (Å²) in [7, 11) is 0. The molecule has 5 rings (SSSR count). The second-order valence-electron chi connectivity index (χ2n) is 7.80. The summed E-state index contributed by atoms with van der Waals surface area (Å²) in [6.07, 6.45) is 3.60. The van der Waals surface area contributed by atoms with Gasteiger partial charge in [0.1, 0.15) is 6.61 Å². The number of rotatable bonds is 4. The van der Waals surface area contributed by atoms with E-state index in [1.807, 2.05) is 24.3 Å². The predicted octanol–water partition coefficient (Wildman–Crippen LogP) is 2.68. The van der Waals surface area contributed by atoms with Gasteiger partial charge in [-0.2, -0.15) is 0 Å². The van der Waals surface area contributed by atoms with Crippen LogP contribution in [0.5, 0.6) is 0 Å². The first-order valence-corrected chi connectivity index (χ1v) is 10.2. The van der Waals surface area contributed by atoms with E-state index in [4.69, 9.17) is 9.72 Å². The number of hydrogen-bond acceptors (Lipinski definition) is 6. The Balaban J connectivity index is 1.74. The molecule has 0 fully saturated rings. The Morgan fingerprint density at radius 1 is 1.35 bits per heavy atom. The van der Waals surface area contributed by atoms with Crippen LogP contribution in [0.15, 0.2) is 52.8 Å². The minimum Gasteiger partial charge on any atom is -0.458 e. The largest absolute Gasteiger partial charge is 0.458 e. The third-order valence-electron chi connectivity index (χ3n) is 6.03. The van der Waals surface area contributed by atoms with Crippen LogP contribution in [0.2, 0.25) is 0 Å². The molecule has 1 aromatic carbocycles. The Kier molecular flexibility index (Phi) is 4.37. The fourth-order valence-electron chi connectivity index (χ4n) is 4.36. The standard InChI is InChI=1S/C24H21N3O4/c1-3-8-25-11-15-7-5-6-14-9-16-12-27-19(21(16)26-20(14)15)10-18-17(22(27)28)13-31-23(29)24(18,30)4-2/h3,5-7,9-11,30H,1,4,8,12-13H2,2H3/t24-/m0/s1. The van der Waals surface area contributed by atoms with E-state index in [0.717, 1.165) is 22.0 Å². The molecule has 2 aliphatic heterocycles. The first-order chi connectivity index (χ1) is 15.0. The lowest BCUT2D eigenvalue weighted by Crippen LogP contribution is -2.44. The normalized spacial score (nSPS) is 19.2. The lowest BCUT2D eigenvalue weighted by atomic mass is 9.86. The van der Waals surface area contributed by atoms with E-state index in [0.29, 0.717) is 35.6 Å². The number of carbonyl (C=O) groups is 1. The number of hydrogen-bond donors (Lipinski definition) is 1. The van der Waals surface area contributed by atoms with Gasteiger partial charge in [0.25, 0.3) is 5.56 Å². The molecule has 7 nitrogen and oxygen atoms in total. The molecule has 1 atom stereocenters. The van der Waals surface area contributed by atoms with Crippen LogP contribution in [0, 0.1) is 0 Å². The Morgan fingerprint density at radius 3 is 2.97 bits per heavy atom. The summed E-state index contributed by atoms with van der Waals surface area (Å²) in [6, 6.07) is 9.62. The van der Waals surface area contributed by atoms with Gasteiger partial charge in [-0.25, -0.2) is 9.78 Å². The SMILES string of the molecule is C=CCN=Cc1cccc2cc3c(nc12)-c1cc2c(c(=O)n1C3)COC(=O)[C@]2(O)CC. The van der Waals surface area contributed by atoms with E-state index < -0.39 is 11.6 Å². The number of para-hydroxylation sites is 1. The van der Waals surface area contributed by atoms with E-state index in [1.165, 1.54) is 0 Å². The van der Waals surface area contributed by atoms with Crippen LogP contribution < -0.4 is 5.56 Å². The number of aromatic nitrogens is 2. The molecule has 156 valence electrons. The molecule has 2 aliphatic rings. The van der Waals surface area contributed by atoms with Crippen molar-refractivity contribution in [1.82, 2.24) is 9.55 Å². The van der Waals surface area contributed by atoms with Gasteiger partial charge in [0.2, 0.25) is 0 Å². The molecule has 1 N–H and O–H groups in total. The number of benzene rings is 1. The Labute approximate surface area is 178 Å². The van der Waals surface area contributed by atoms with E-state index >= 15 is 0 Å². The lowest BCUT2D eigenvalue weighted by molar-refractivity contribution is -0.172. The monoisotopic (exact) mass is 415 g/mol. The number of aliphatic hydroxyl groups is 1. The van der Waals surface area contributed by atoms with E-state index in [1.54, 1.807) is 29.8 Å². The van der Waals surface area contributed by atoms with Gasteiger partial charge in [0, 0.05) is 28.3 Å². The van der Waals surface area contributed by atoms with E-state index in [-0.39, 0.29) is 18.6 Å². The molecule has 7 heteroatoms. The van der Waals surface area contributed by atoms with Gasteiger partial charge in [-0.1, -0.05) is 31.2 Å². The maximum absolute atomic E-state index is 13.2. The lowest BCUT2D eigenvalue weighted by Gasteiger charge is -2.31. The van der Waals surface area contributed by atoms with Crippen LogP contribution in [0.25, 0.3) is 22.3 Å². The number of ether oxygens (including phenoxy) is 1. The van der Waals surface area contributed by atoms with Gasteiger partial charge >= 0.3 is 5.97 Å². The zero-order valence-corrected chi connectivity index (χ0v) is 17.1. The molecule has 3 aromatic rings. The zero-order chi connectivity index (χ0) is 21.8. The highest BCUT2D eigenvalue weighted by Crippen LogP contribution is 2.38. The minimum atomic E-state index is -1.83. The van der Waals surface area contributed by atoms with Crippen molar-refractivity contribution in [3.8, 4) is 11.4 Å². The number of carbonyl (C=O) groups excluding carboxylic acids is 1. The van der Waals surface area contributed by atoms with Crippen molar-refractivity contribution in [2.24, 2.45) is 4.99 Å². The number of nitrogens with zero attached hydrogens (tertiary/aromatic N) is 3. The molecule has 31 heavy (non-hydrogen) atoms. The molecule has 0 aliphatic carbocycles. The molecule has 0 amide bonds. The van der Waals surface area contributed by atoms with E-state index in [9.17, 15) is 14.7 Å². The minimum absolute atomic E-state index is 0.115. The van der Waals surface area contributed by atoms with Gasteiger partial charge in [-0.05, 0) is 18.6 Å². The summed E-state index contributed by atoms with van der Waals surface area (Å²) in [5.41, 5.74) is 2.38. The van der Waals surface area contributed by atoms with Crippen LogP contribution in [0.4, 0.5) is 0 Å². The average molecular weight is 415 g/mol. The van der Waals surface area contributed by atoms with Gasteiger partial charge in [0.15, 0.2) is 5.60 Å². The van der Waals surface area contributed by atoms with Crippen molar-refractivity contribution in [3.63, 3.8) is 0 Å². The fraction of sp³-hybridized carbons (Fsp3) is 0.250. The van der Waals surface area contributed by atoms with Crippen molar-refractivity contribution in [3.05, 3.63) is 75.6 Å². The van der Waals surface area contributed by atoms with Crippen molar-refractivity contribution >= 4 is 23.1 Å². The van der Waals surface area contributed by atoms with Crippen molar-refractivity contribution in [1.29, 1.82) is 0 Å². The Bertz CT molecular complexity index is 1360. The molecular formula is C24H21N3O4. The summed E-state index contributed by atoms with van der Waals surface area (Å²) >= 11 is 0. The molecular weight excluding hydrogens is 394 g/mol. The van der Waals surface area contributed by atoms with Gasteiger partial charge in [-0.15, -0.1) is 6.58 Å². The summed E-state index contributed by atoms with van der Waals surface area (Å²) in [5.74, 6) is -0.725. The quantitative estimate of drug-likeness (QED) is 0.314. The highest BCUT2D eigenvalue weighted by Gasteiger charge is 2.45. The number of aliphatic imine (C=N–C) groups is 1. The molecule has 0 unspecified atom stereocenters. The second kappa shape index (κ2) is 6.99. The van der Waals surface area contributed by atoms with Crippen molar-refractivity contribution in [2.75, 3.05) is 6.54 Å². The Hall–Kier alpha value is -3.58. The molecule has 2 aromatic heterocycles. The highest BCUT2D eigenvalue weighted by molar-refractivity contribution is 5.99. The third kappa shape index (κ3) is 2.77. The van der Waals surface area contributed by atoms with Gasteiger partial charge in [0.05, 0.1) is 35.6 Å². The van der Waals surface area contributed by atoms with Crippen molar-refractivity contribution in [2.45, 2.75) is 32.1 Å². The fourth-order valence-corrected chi connectivity index (χ4v) is 4.36. The number of fused-ring (bicyclic) bond motifs is 5. The maximum Gasteiger partial charge on any atom is 0.343 e. The number of cyclic esters (lactones) is 1. The van der Waals surface area contributed by atoms with Crippen LogP contribution in [-0.2, 0) is 28.3 Å². The molecule has 0 saturated heterocycles. The van der Waals surface area contributed by atoms with E-state index in [2.05, 4.69) is 11.6 Å².